The molecule has 2 fully saturated rings. The first-order valence-corrected chi connectivity index (χ1v) is 43.1. The zero-order valence-electron chi connectivity index (χ0n) is 14.2. The summed E-state index contributed by atoms with van der Waals surface area (Å²) in [5.74, 6) is 0. The van der Waals surface area contributed by atoms with Crippen LogP contribution in [0.15, 0.2) is 0 Å². The molecular weight excluding hydrogens is 526 g/mol. The van der Waals surface area contributed by atoms with Gasteiger partial charge in [-0.1, -0.05) is 0 Å². The average molecular weight is 556 g/mol. The van der Waals surface area contributed by atoms with Gasteiger partial charge in [0.05, 0.1) is 0 Å². The molecule has 0 aliphatic carbocycles. The molecule has 0 aromatic heterocycles. The Labute approximate surface area is 141 Å². The molecule has 2 saturated heterocycles. The molecule has 0 N–H and O–H groups in total. The number of fused-ring (bicyclic) bond motifs is 2. The van der Waals surface area contributed by atoms with Crippen LogP contribution < -0.4 is 0 Å². The van der Waals surface area contributed by atoms with E-state index in [1.807, 2.05) is 0 Å². The van der Waals surface area contributed by atoms with Crippen LogP contribution in [0.3, 0.4) is 0 Å². The van der Waals surface area contributed by atoms with E-state index >= 15 is 0 Å². The van der Waals surface area contributed by atoms with E-state index in [2.05, 4.69) is 65.5 Å². The Bertz CT molecular complexity index is 353. The maximum absolute atomic E-state index is 2.98. The topological polar surface area (TPSA) is 0 Å². The molecule has 0 saturated carbocycles. The molecule has 2 aliphatic rings. The third-order valence-corrected chi connectivity index (χ3v) is 276. The third kappa shape index (κ3) is 2.29. The van der Waals surface area contributed by atoms with Gasteiger partial charge in [-0.15, -0.1) is 0 Å². The van der Waals surface area contributed by atoms with Crippen LogP contribution in [-0.4, -0.2) is 77.3 Å². The van der Waals surface area contributed by atoms with E-state index in [0.717, 1.165) is 0 Å². The van der Waals surface area contributed by atoms with Crippen LogP contribution in [0.25, 0.3) is 0 Å². The molecular formula is C10H30Se3Si6. The predicted molar refractivity (Wildman–Crippen MR) is 110 cm³/mol. The van der Waals surface area contributed by atoms with E-state index in [9.17, 15) is 0 Å². The van der Waals surface area contributed by atoms with Crippen LogP contribution in [0.5, 0.6) is 0 Å². The molecule has 0 aromatic carbocycles. The number of rotatable bonds is 0. The fraction of sp³-hybridized carbons (Fsp3) is 1.00. The van der Waals surface area contributed by atoms with Crippen LogP contribution >= 0.6 is 0 Å². The summed E-state index contributed by atoms with van der Waals surface area (Å²) >= 11 is 3.58. The summed E-state index contributed by atoms with van der Waals surface area (Å²) in [6, 6.07) is 0. The molecule has 0 nitrogen and oxygen atoms in total. The van der Waals surface area contributed by atoms with Crippen LogP contribution in [0.1, 0.15) is 0 Å². The average Bonchev–Trinajstić information content (AvgIpc) is 2.09. The van der Waals surface area contributed by atoms with Crippen LogP contribution in [0.2, 0.25) is 65.5 Å². The quantitative estimate of drug-likeness (QED) is 0.403. The number of hydrogen-bond donors (Lipinski definition) is 0. The van der Waals surface area contributed by atoms with E-state index in [-0.39, 0.29) is 0 Å². The summed E-state index contributed by atoms with van der Waals surface area (Å²) < 4.78 is 0. The van der Waals surface area contributed by atoms with Gasteiger partial charge in [0, 0.05) is 0 Å². The molecule has 0 spiro atoms. The van der Waals surface area contributed by atoms with Crippen molar-refractivity contribution in [3.8, 4) is 0 Å². The van der Waals surface area contributed by atoms with Gasteiger partial charge in [0.25, 0.3) is 0 Å². The Hall–Kier alpha value is 2.86. The Morgan fingerprint density at radius 2 is 0.579 bits per heavy atom. The van der Waals surface area contributed by atoms with Gasteiger partial charge < -0.3 is 0 Å². The van der Waals surface area contributed by atoms with E-state index < -0.39 is 36.2 Å². The van der Waals surface area contributed by atoms with E-state index in [1.165, 1.54) is 41.0 Å². The summed E-state index contributed by atoms with van der Waals surface area (Å²) in [5.41, 5.74) is -1.53. The van der Waals surface area contributed by atoms with Gasteiger partial charge in [-0.2, -0.15) is 0 Å². The molecule has 0 amide bonds. The molecule has 2 bridgehead atoms. The van der Waals surface area contributed by atoms with E-state index in [4.69, 9.17) is 0 Å². The SMILES string of the molecule is C[Si]1(C)[Se][Si](C)(C)[Si]2(C)[Se][Si]1(C)[Si](C)(C)[Se][Si]2(C)C. The zero-order valence-corrected chi connectivity index (χ0v) is 25.4. The molecule has 0 radical (unpaired) electrons. The van der Waals surface area contributed by atoms with Gasteiger partial charge in [-0.25, -0.2) is 0 Å². The Kier molecular flexibility index (Phi) is 4.50. The van der Waals surface area contributed by atoms with Crippen LogP contribution in [0, 0.1) is 0 Å². The maximum atomic E-state index is 2.98. The second-order valence-electron chi connectivity index (χ2n) is 8.41. The molecule has 0 atom stereocenters. The first-order chi connectivity index (χ1) is 8.12. The van der Waals surface area contributed by atoms with E-state index in [0.29, 0.717) is 0 Å². The summed E-state index contributed by atoms with van der Waals surface area (Å²) in [5, 5.41) is 0. The molecule has 9 heteroatoms. The van der Waals surface area contributed by atoms with Crippen molar-refractivity contribution in [2.24, 2.45) is 0 Å². The van der Waals surface area contributed by atoms with Crippen molar-refractivity contribution in [1.29, 1.82) is 0 Å². The van der Waals surface area contributed by atoms with Gasteiger partial charge in [-0.3, -0.25) is 0 Å². The van der Waals surface area contributed by atoms with Crippen LogP contribution in [-0.2, 0) is 0 Å². The molecule has 112 valence electrons. The molecule has 0 aromatic rings. The Morgan fingerprint density at radius 3 is 0.789 bits per heavy atom. The van der Waals surface area contributed by atoms with Crippen molar-refractivity contribution < 1.29 is 0 Å². The van der Waals surface area contributed by atoms with Gasteiger partial charge in [-0.05, 0) is 0 Å². The van der Waals surface area contributed by atoms with Gasteiger partial charge in [0.15, 0.2) is 0 Å². The monoisotopic (exact) mass is 558 g/mol. The Morgan fingerprint density at radius 1 is 0.368 bits per heavy atom. The summed E-state index contributed by atoms with van der Waals surface area (Å²) in [4.78, 5) is 0. The summed E-state index contributed by atoms with van der Waals surface area (Å²) in [6.45, 7) is 29.0. The minimum atomic E-state index is -0.790. The second-order valence-corrected chi connectivity index (χ2v) is 124. The molecule has 2 aliphatic heterocycles. The van der Waals surface area contributed by atoms with Gasteiger partial charge in [0.1, 0.15) is 0 Å². The third-order valence-electron chi connectivity index (χ3n) is 6.02. The summed E-state index contributed by atoms with van der Waals surface area (Å²) in [7, 11) is 0. The van der Waals surface area contributed by atoms with Crippen molar-refractivity contribution in [1.82, 2.24) is 0 Å². The van der Waals surface area contributed by atoms with Crippen molar-refractivity contribution >= 4 is 77.3 Å². The second kappa shape index (κ2) is 4.70. The van der Waals surface area contributed by atoms with Crippen molar-refractivity contribution in [2.75, 3.05) is 0 Å². The predicted octanol–water partition coefficient (Wildman–Crippen LogP) is 2.41. The van der Waals surface area contributed by atoms with Crippen molar-refractivity contribution in [2.45, 2.75) is 65.5 Å². The van der Waals surface area contributed by atoms with Crippen molar-refractivity contribution in [3.05, 3.63) is 0 Å². The molecule has 19 heavy (non-hydrogen) atoms. The first-order valence-electron chi connectivity index (χ1n) is 7.22. The molecule has 2 rings (SSSR count). The summed E-state index contributed by atoms with van der Waals surface area (Å²) in [6.07, 6.45) is -3.16. The Balaban J connectivity index is 2.66. The fourth-order valence-electron chi connectivity index (χ4n) is 4.02. The minimum absolute atomic E-state index is 0.765. The number of hydrogen-bond acceptors (Lipinski definition) is 0. The first kappa shape index (κ1) is 18.2. The van der Waals surface area contributed by atoms with Gasteiger partial charge >= 0.3 is 143 Å². The van der Waals surface area contributed by atoms with Crippen LogP contribution in [0.4, 0.5) is 0 Å². The standard InChI is InChI=1S/C10H30Se3Si6/c1-14(2)11-15(3,4)19(10)13-18(14,9)16(5,6)12-17(19,7)8/h1-10H3. The normalized spacial score (nSPS) is 45.8. The van der Waals surface area contributed by atoms with Crippen molar-refractivity contribution in [3.63, 3.8) is 0 Å². The molecule has 0 unspecified atom stereocenters. The zero-order chi connectivity index (χ0) is 15.1. The van der Waals surface area contributed by atoms with Gasteiger partial charge in [0.2, 0.25) is 0 Å². The fourth-order valence-corrected chi connectivity index (χ4v) is 558. The molecule has 2 heterocycles. The van der Waals surface area contributed by atoms with E-state index in [1.54, 1.807) is 0 Å².